The van der Waals surface area contributed by atoms with Crippen molar-refractivity contribution >= 4 is 13.4 Å². The average Bonchev–Trinajstić information content (AvgIpc) is 2.26. The van der Waals surface area contributed by atoms with Crippen LogP contribution in [0, 0.1) is 5.82 Å². The Morgan fingerprint density at radius 1 is 1.40 bits per heavy atom. The second-order valence-electron chi connectivity index (χ2n) is 3.82. The highest BCUT2D eigenvalue weighted by Gasteiger charge is 2.37. The first-order valence-corrected chi connectivity index (χ1v) is 7.19. The molecule has 0 amide bonds. The SMILES string of the molecule is CCOP(=O)(O)CC(=O)c1ccc(F)cc1C(F)(F)F. The third kappa shape index (κ3) is 4.40. The monoisotopic (exact) mass is 314 g/mol. The Bertz CT molecular complexity index is 556. The highest BCUT2D eigenvalue weighted by Crippen LogP contribution is 2.43. The Balaban J connectivity index is 3.14. The number of rotatable bonds is 5. The van der Waals surface area contributed by atoms with E-state index in [1.807, 2.05) is 0 Å². The van der Waals surface area contributed by atoms with Gasteiger partial charge < -0.3 is 9.42 Å². The maximum atomic E-state index is 12.9. The van der Waals surface area contributed by atoms with E-state index in [0.29, 0.717) is 12.1 Å². The van der Waals surface area contributed by atoms with E-state index in [0.717, 1.165) is 0 Å². The summed E-state index contributed by atoms with van der Waals surface area (Å²) >= 11 is 0. The van der Waals surface area contributed by atoms with Crippen molar-refractivity contribution in [2.45, 2.75) is 13.1 Å². The molecule has 0 heterocycles. The van der Waals surface area contributed by atoms with E-state index in [9.17, 15) is 31.8 Å². The molecule has 0 bridgehead atoms. The lowest BCUT2D eigenvalue weighted by molar-refractivity contribution is -0.138. The van der Waals surface area contributed by atoms with Crippen molar-refractivity contribution in [2.24, 2.45) is 0 Å². The summed E-state index contributed by atoms with van der Waals surface area (Å²) in [6, 6.07) is 1.47. The largest absolute Gasteiger partial charge is 0.417 e. The molecule has 20 heavy (non-hydrogen) atoms. The summed E-state index contributed by atoms with van der Waals surface area (Å²) < 4.78 is 66.7. The molecule has 1 atom stereocenters. The molecule has 0 spiro atoms. The molecule has 0 aromatic heterocycles. The number of halogens is 4. The topological polar surface area (TPSA) is 63.6 Å². The Labute approximate surface area is 111 Å². The van der Waals surface area contributed by atoms with Crippen LogP contribution in [0.25, 0.3) is 0 Å². The smallest absolute Gasteiger partial charge is 0.324 e. The van der Waals surface area contributed by atoms with Gasteiger partial charge in [0.25, 0.3) is 0 Å². The summed E-state index contributed by atoms with van der Waals surface area (Å²) in [5, 5.41) is 0. The number of ketones is 1. The van der Waals surface area contributed by atoms with Crippen LogP contribution in [-0.2, 0) is 15.3 Å². The maximum absolute atomic E-state index is 12.9. The summed E-state index contributed by atoms with van der Waals surface area (Å²) in [5.74, 6) is -2.40. The molecule has 1 aromatic carbocycles. The van der Waals surface area contributed by atoms with Gasteiger partial charge in [-0.05, 0) is 25.1 Å². The first kappa shape index (κ1) is 16.8. The number of carbonyl (C=O) groups excluding carboxylic acids is 1. The summed E-state index contributed by atoms with van der Waals surface area (Å²) in [5.41, 5.74) is -2.35. The molecule has 0 saturated carbocycles. The van der Waals surface area contributed by atoms with Gasteiger partial charge in [-0.15, -0.1) is 0 Å². The normalized spacial score (nSPS) is 14.9. The van der Waals surface area contributed by atoms with E-state index >= 15 is 0 Å². The standard InChI is InChI=1S/C11H11F4O4P/c1-2-19-20(17,18)6-10(16)8-4-3-7(12)5-9(8)11(13,14)15/h3-5H,2,6H2,1H3,(H,17,18). The minimum atomic E-state index is -4.95. The van der Waals surface area contributed by atoms with Crippen molar-refractivity contribution in [2.75, 3.05) is 12.8 Å². The lowest BCUT2D eigenvalue weighted by Crippen LogP contribution is -2.16. The zero-order valence-corrected chi connectivity index (χ0v) is 11.2. The van der Waals surface area contributed by atoms with Gasteiger partial charge in [-0.2, -0.15) is 13.2 Å². The minimum Gasteiger partial charge on any atom is -0.324 e. The van der Waals surface area contributed by atoms with Crippen LogP contribution in [0.3, 0.4) is 0 Å². The third-order valence-corrected chi connectivity index (χ3v) is 3.61. The molecule has 1 aromatic rings. The van der Waals surface area contributed by atoms with Crippen LogP contribution in [0.4, 0.5) is 17.6 Å². The van der Waals surface area contributed by atoms with E-state index < -0.39 is 42.7 Å². The second kappa shape index (κ2) is 6.03. The molecule has 1 N–H and O–H groups in total. The highest BCUT2D eigenvalue weighted by atomic mass is 31.2. The molecule has 0 aliphatic carbocycles. The zero-order valence-electron chi connectivity index (χ0n) is 10.3. The van der Waals surface area contributed by atoms with Crippen molar-refractivity contribution < 1.29 is 36.3 Å². The Morgan fingerprint density at radius 3 is 2.50 bits per heavy atom. The van der Waals surface area contributed by atoms with E-state index in [1.165, 1.54) is 6.92 Å². The molecule has 4 nitrogen and oxygen atoms in total. The van der Waals surface area contributed by atoms with Crippen molar-refractivity contribution in [1.82, 2.24) is 0 Å². The average molecular weight is 314 g/mol. The van der Waals surface area contributed by atoms with E-state index in [-0.39, 0.29) is 12.7 Å². The fourth-order valence-electron chi connectivity index (χ4n) is 1.51. The molecule has 9 heteroatoms. The molecule has 0 saturated heterocycles. The lowest BCUT2D eigenvalue weighted by atomic mass is 10.0. The van der Waals surface area contributed by atoms with Crippen molar-refractivity contribution in [3.63, 3.8) is 0 Å². The number of carbonyl (C=O) groups is 1. The summed E-state index contributed by atoms with van der Waals surface area (Å²) in [7, 11) is -4.31. The molecule has 1 rings (SSSR count). The second-order valence-corrected chi connectivity index (χ2v) is 5.67. The molecule has 0 aliphatic heterocycles. The maximum Gasteiger partial charge on any atom is 0.417 e. The summed E-state index contributed by atoms with van der Waals surface area (Å²) in [6.45, 7) is 1.23. The van der Waals surface area contributed by atoms with Crippen molar-refractivity contribution in [3.8, 4) is 0 Å². The number of benzene rings is 1. The quantitative estimate of drug-likeness (QED) is 0.515. The predicted octanol–water partition coefficient (Wildman–Crippen LogP) is 3.25. The Morgan fingerprint density at radius 2 is 2.00 bits per heavy atom. The van der Waals surface area contributed by atoms with E-state index in [1.54, 1.807) is 0 Å². The van der Waals surface area contributed by atoms with Crippen LogP contribution in [0.1, 0.15) is 22.8 Å². The first-order valence-electron chi connectivity index (χ1n) is 5.43. The van der Waals surface area contributed by atoms with Crippen LogP contribution in [0.15, 0.2) is 18.2 Å². The molecule has 1 unspecified atom stereocenters. The third-order valence-electron chi connectivity index (χ3n) is 2.26. The van der Waals surface area contributed by atoms with Gasteiger partial charge in [0.05, 0.1) is 12.2 Å². The summed E-state index contributed by atoms with van der Waals surface area (Å²) in [4.78, 5) is 20.9. The van der Waals surface area contributed by atoms with Gasteiger partial charge in [0.2, 0.25) is 0 Å². The van der Waals surface area contributed by atoms with Gasteiger partial charge in [0.1, 0.15) is 12.0 Å². The van der Waals surface area contributed by atoms with Gasteiger partial charge >= 0.3 is 13.8 Å². The van der Waals surface area contributed by atoms with Gasteiger partial charge in [0.15, 0.2) is 5.78 Å². The van der Waals surface area contributed by atoms with Gasteiger partial charge in [-0.3, -0.25) is 9.36 Å². The van der Waals surface area contributed by atoms with Gasteiger partial charge in [-0.25, -0.2) is 4.39 Å². The molecule has 112 valence electrons. The lowest BCUT2D eigenvalue weighted by Gasteiger charge is -2.14. The minimum absolute atomic E-state index is 0.163. The molecule has 0 fully saturated rings. The van der Waals surface area contributed by atoms with Gasteiger partial charge in [0, 0.05) is 5.56 Å². The number of Topliss-reactive ketones (excluding diaryl/α,β-unsaturated/α-hetero) is 1. The van der Waals surface area contributed by atoms with Crippen LogP contribution in [-0.4, -0.2) is 23.4 Å². The summed E-state index contributed by atoms with van der Waals surface area (Å²) in [6.07, 6.45) is -6.05. The Hall–Kier alpha value is -1.24. The Kier molecular flexibility index (Phi) is 5.07. The molecular formula is C11H11F4O4P. The van der Waals surface area contributed by atoms with Crippen LogP contribution >= 0.6 is 7.60 Å². The van der Waals surface area contributed by atoms with Crippen LogP contribution in [0.5, 0.6) is 0 Å². The number of hydrogen-bond donors (Lipinski definition) is 1. The zero-order chi connectivity index (χ0) is 15.6. The van der Waals surface area contributed by atoms with Crippen molar-refractivity contribution in [3.05, 3.63) is 35.1 Å². The number of hydrogen-bond acceptors (Lipinski definition) is 3. The molecule has 0 aliphatic rings. The van der Waals surface area contributed by atoms with E-state index in [2.05, 4.69) is 4.52 Å². The predicted molar refractivity (Wildman–Crippen MR) is 62.1 cm³/mol. The van der Waals surface area contributed by atoms with Crippen molar-refractivity contribution in [1.29, 1.82) is 0 Å². The van der Waals surface area contributed by atoms with Crippen LogP contribution < -0.4 is 0 Å². The highest BCUT2D eigenvalue weighted by molar-refractivity contribution is 7.53. The van der Waals surface area contributed by atoms with Crippen LogP contribution in [0.2, 0.25) is 0 Å². The fourth-order valence-corrected chi connectivity index (χ4v) is 2.54. The molecule has 0 radical (unpaired) electrons. The molecular weight excluding hydrogens is 303 g/mol. The fraction of sp³-hybridized carbons (Fsp3) is 0.364. The first-order chi connectivity index (χ1) is 9.07. The van der Waals surface area contributed by atoms with Gasteiger partial charge in [-0.1, -0.05) is 0 Å². The number of alkyl halides is 3. The van der Waals surface area contributed by atoms with E-state index in [4.69, 9.17) is 0 Å².